The lowest BCUT2D eigenvalue weighted by atomic mass is 9.87. The highest BCUT2D eigenvalue weighted by atomic mass is 19.1. The summed E-state index contributed by atoms with van der Waals surface area (Å²) in [5, 5.41) is 4.69. The number of rotatable bonds is 9. The fourth-order valence-electron chi connectivity index (χ4n) is 4.95. The Hall–Kier alpha value is -3.58. The number of aromatic nitrogens is 4. The Kier molecular flexibility index (Phi) is 7.54. The molecule has 39 heavy (non-hydrogen) atoms. The lowest BCUT2D eigenvalue weighted by Gasteiger charge is -2.32. The van der Waals surface area contributed by atoms with Crippen LogP contribution < -0.4 is 5.69 Å². The van der Waals surface area contributed by atoms with Gasteiger partial charge in [-0.3, -0.25) is 9.55 Å². The first-order valence-electron chi connectivity index (χ1n) is 13.7. The summed E-state index contributed by atoms with van der Waals surface area (Å²) in [5.74, 6) is 0.832. The summed E-state index contributed by atoms with van der Waals surface area (Å²) in [7, 11) is 0. The third-order valence-corrected chi connectivity index (χ3v) is 7.51. The molecule has 3 heterocycles. The number of nitrogens with zero attached hydrogens (tertiary/aromatic N) is 4. The molecule has 4 aromatic rings. The summed E-state index contributed by atoms with van der Waals surface area (Å²) < 4.78 is 22.8. The standard InChI is InChI=1S/C32H37FN4O2/c1-5-36-29(35-37(30(36)38)20-24-11-16-27(17-12-24)31(2,3)4)8-6-7-23-9-13-25(14-10-23)26-15-18-28(34-19-26)32(33)21-39-22-32/h9-19H,5-8,20-22H2,1-4H3. The first-order valence-corrected chi connectivity index (χ1v) is 13.7. The van der Waals surface area contributed by atoms with E-state index in [0.717, 1.165) is 41.8 Å². The van der Waals surface area contributed by atoms with Gasteiger partial charge in [-0.05, 0) is 53.5 Å². The molecular weight excluding hydrogens is 491 g/mol. The van der Waals surface area contributed by atoms with Gasteiger partial charge in [-0.25, -0.2) is 13.9 Å². The van der Waals surface area contributed by atoms with Crippen LogP contribution in [0.25, 0.3) is 11.1 Å². The maximum absolute atomic E-state index is 14.5. The predicted molar refractivity (Wildman–Crippen MR) is 152 cm³/mol. The number of ether oxygens (including phenoxy) is 1. The minimum Gasteiger partial charge on any atom is -0.374 e. The third kappa shape index (κ3) is 5.88. The maximum Gasteiger partial charge on any atom is 0.346 e. The zero-order valence-electron chi connectivity index (χ0n) is 23.3. The molecule has 204 valence electrons. The zero-order chi connectivity index (χ0) is 27.6. The molecule has 2 aromatic heterocycles. The minimum absolute atomic E-state index is 0.0557. The number of halogens is 1. The molecule has 7 heteroatoms. The predicted octanol–water partition coefficient (Wildman–Crippen LogP) is 5.84. The summed E-state index contributed by atoms with van der Waals surface area (Å²) >= 11 is 0. The van der Waals surface area contributed by atoms with Gasteiger partial charge in [0.15, 0.2) is 5.67 Å². The SMILES string of the molecule is CCn1c(CCCc2ccc(-c3ccc(C4(F)COC4)nc3)cc2)nn(Cc2ccc(C(C)(C)C)cc2)c1=O. The lowest BCUT2D eigenvalue weighted by Crippen LogP contribution is -2.43. The molecule has 6 nitrogen and oxygen atoms in total. The molecule has 1 fully saturated rings. The van der Waals surface area contributed by atoms with Gasteiger partial charge in [0, 0.05) is 24.7 Å². The van der Waals surface area contributed by atoms with Crippen LogP contribution in [0.4, 0.5) is 4.39 Å². The topological polar surface area (TPSA) is 61.9 Å². The molecule has 5 rings (SSSR count). The molecule has 0 atom stereocenters. The van der Waals surface area contributed by atoms with Crippen LogP contribution in [-0.4, -0.2) is 32.5 Å². The van der Waals surface area contributed by atoms with Crippen LogP contribution in [0.3, 0.4) is 0 Å². The second-order valence-corrected chi connectivity index (χ2v) is 11.5. The van der Waals surface area contributed by atoms with E-state index >= 15 is 0 Å². The van der Waals surface area contributed by atoms with Crippen LogP contribution in [0.1, 0.15) is 62.3 Å². The normalized spacial score (nSPS) is 14.8. The Balaban J connectivity index is 1.19. The van der Waals surface area contributed by atoms with Crippen LogP contribution in [-0.2, 0) is 41.8 Å². The summed E-state index contributed by atoms with van der Waals surface area (Å²) in [6.07, 6.45) is 4.25. The first-order chi connectivity index (χ1) is 18.7. The molecule has 1 aliphatic heterocycles. The fraction of sp³-hybridized carbons (Fsp3) is 0.406. The van der Waals surface area contributed by atoms with Gasteiger partial charge in [-0.2, -0.15) is 5.10 Å². The van der Waals surface area contributed by atoms with Crippen molar-refractivity contribution < 1.29 is 9.13 Å². The van der Waals surface area contributed by atoms with Gasteiger partial charge in [0.25, 0.3) is 0 Å². The number of alkyl halides is 1. The number of hydrogen-bond donors (Lipinski definition) is 0. The van der Waals surface area contributed by atoms with Crippen molar-refractivity contribution in [3.8, 4) is 11.1 Å². The highest BCUT2D eigenvalue weighted by Gasteiger charge is 2.42. The number of benzene rings is 2. The molecule has 0 spiro atoms. The molecule has 0 radical (unpaired) electrons. The molecule has 2 aromatic carbocycles. The Morgan fingerprint density at radius 1 is 0.923 bits per heavy atom. The van der Waals surface area contributed by atoms with E-state index in [1.165, 1.54) is 11.1 Å². The van der Waals surface area contributed by atoms with Crippen molar-refractivity contribution in [3.63, 3.8) is 0 Å². The molecule has 0 N–H and O–H groups in total. The van der Waals surface area contributed by atoms with Gasteiger partial charge < -0.3 is 4.74 Å². The van der Waals surface area contributed by atoms with E-state index in [-0.39, 0.29) is 24.3 Å². The van der Waals surface area contributed by atoms with Crippen LogP contribution in [0.5, 0.6) is 0 Å². The molecule has 0 aliphatic carbocycles. The molecular formula is C32H37FN4O2. The molecule has 0 saturated carbocycles. The van der Waals surface area contributed by atoms with Gasteiger partial charge in [-0.1, -0.05) is 75.4 Å². The second-order valence-electron chi connectivity index (χ2n) is 11.5. The van der Waals surface area contributed by atoms with Crippen molar-refractivity contribution in [2.24, 2.45) is 0 Å². The van der Waals surface area contributed by atoms with Gasteiger partial charge in [-0.15, -0.1) is 0 Å². The highest BCUT2D eigenvalue weighted by molar-refractivity contribution is 5.62. The van der Waals surface area contributed by atoms with Crippen molar-refractivity contribution in [2.45, 2.75) is 71.1 Å². The Bertz CT molecular complexity index is 1460. The van der Waals surface area contributed by atoms with Gasteiger partial charge in [0.05, 0.1) is 25.5 Å². The van der Waals surface area contributed by atoms with Gasteiger partial charge in [0.2, 0.25) is 0 Å². The Labute approximate surface area is 229 Å². The summed E-state index contributed by atoms with van der Waals surface area (Å²) in [5.41, 5.74) is 4.60. The minimum atomic E-state index is -1.45. The van der Waals surface area contributed by atoms with Crippen molar-refractivity contribution in [3.05, 3.63) is 106 Å². The average Bonchev–Trinajstić information content (AvgIpc) is 3.21. The van der Waals surface area contributed by atoms with Crippen LogP contribution in [0, 0.1) is 0 Å². The van der Waals surface area contributed by atoms with E-state index in [2.05, 4.69) is 74.3 Å². The summed E-state index contributed by atoms with van der Waals surface area (Å²) in [6, 6.07) is 20.5. The van der Waals surface area contributed by atoms with Crippen molar-refractivity contribution >= 4 is 0 Å². The van der Waals surface area contributed by atoms with E-state index in [1.54, 1.807) is 21.5 Å². The number of hydrogen-bond acceptors (Lipinski definition) is 4. The average molecular weight is 529 g/mol. The maximum atomic E-state index is 14.5. The summed E-state index contributed by atoms with van der Waals surface area (Å²) in [4.78, 5) is 17.3. The summed E-state index contributed by atoms with van der Waals surface area (Å²) in [6.45, 7) is 9.81. The molecule has 1 saturated heterocycles. The van der Waals surface area contributed by atoms with Gasteiger partial charge >= 0.3 is 5.69 Å². The number of pyridine rings is 1. The zero-order valence-corrected chi connectivity index (χ0v) is 23.3. The Morgan fingerprint density at radius 3 is 2.15 bits per heavy atom. The van der Waals surface area contributed by atoms with E-state index < -0.39 is 5.67 Å². The quantitative estimate of drug-likeness (QED) is 0.274. The van der Waals surface area contributed by atoms with Crippen molar-refractivity contribution in [2.75, 3.05) is 13.2 Å². The van der Waals surface area contributed by atoms with Crippen molar-refractivity contribution in [1.29, 1.82) is 0 Å². The fourth-order valence-corrected chi connectivity index (χ4v) is 4.95. The monoisotopic (exact) mass is 528 g/mol. The smallest absolute Gasteiger partial charge is 0.346 e. The Morgan fingerprint density at radius 2 is 1.59 bits per heavy atom. The molecule has 0 bridgehead atoms. The second kappa shape index (κ2) is 10.9. The first kappa shape index (κ1) is 27.0. The molecule has 1 aliphatic rings. The van der Waals surface area contributed by atoms with Crippen molar-refractivity contribution in [1.82, 2.24) is 19.3 Å². The van der Waals surface area contributed by atoms with Crippen LogP contribution in [0.15, 0.2) is 71.7 Å². The van der Waals surface area contributed by atoms with E-state index in [0.29, 0.717) is 18.8 Å². The van der Waals surface area contributed by atoms with Crippen LogP contribution >= 0.6 is 0 Å². The van der Waals surface area contributed by atoms with E-state index in [9.17, 15) is 9.18 Å². The highest BCUT2D eigenvalue weighted by Crippen LogP contribution is 2.33. The lowest BCUT2D eigenvalue weighted by molar-refractivity contribution is -0.137. The van der Waals surface area contributed by atoms with Gasteiger partial charge in [0.1, 0.15) is 5.82 Å². The third-order valence-electron chi connectivity index (χ3n) is 7.51. The largest absolute Gasteiger partial charge is 0.374 e. The molecule has 0 amide bonds. The van der Waals surface area contributed by atoms with E-state index in [1.807, 2.05) is 13.0 Å². The molecule has 0 unspecified atom stereocenters. The van der Waals surface area contributed by atoms with E-state index in [4.69, 9.17) is 9.84 Å². The number of aryl methyl sites for hydroxylation is 2. The van der Waals surface area contributed by atoms with Crippen LogP contribution in [0.2, 0.25) is 0 Å².